The lowest BCUT2D eigenvalue weighted by atomic mass is 9.89. The zero-order valence-electron chi connectivity index (χ0n) is 13.4. The number of nitrogens with zero attached hydrogens (tertiary/aromatic N) is 2. The van der Waals surface area contributed by atoms with Crippen LogP contribution >= 0.6 is 12.4 Å². The topological polar surface area (TPSA) is 49.6 Å². The fraction of sp³-hybridized carbons (Fsp3) is 0.611. The van der Waals surface area contributed by atoms with Crippen molar-refractivity contribution in [1.29, 1.82) is 0 Å². The molecule has 4 nitrogen and oxygen atoms in total. The molecule has 2 N–H and O–H groups in total. The lowest BCUT2D eigenvalue weighted by molar-refractivity contribution is -0.132. The van der Waals surface area contributed by atoms with Crippen molar-refractivity contribution < 1.29 is 4.79 Å². The van der Waals surface area contributed by atoms with E-state index < -0.39 is 0 Å². The van der Waals surface area contributed by atoms with Gasteiger partial charge in [-0.15, -0.1) is 12.4 Å². The molecule has 0 radical (unpaired) electrons. The second kappa shape index (κ2) is 6.80. The number of carbonyl (C=O) groups excluding carboxylic acids is 1. The van der Waals surface area contributed by atoms with Gasteiger partial charge in [-0.2, -0.15) is 0 Å². The van der Waals surface area contributed by atoms with Crippen molar-refractivity contribution in [3.05, 3.63) is 35.9 Å². The quantitative estimate of drug-likeness (QED) is 0.913. The maximum Gasteiger partial charge on any atom is 0.240 e. The van der Waals surface area contributed by atoms with E-state index in [2.05, 4.69) is 40.1 Å². The van der Waals surface area contributed by atoms with Crippen LogP contribution in [0.2, 0.25) is 0 Å². The summed E-state index contributed by atoms with van der Waals surface area (Å²) in [6, 6.07) is 11.3. The van der Waals surface area contributed by atoms with Crippen molar-refractivity contribution >= 4 is 18.3 Å². The second-order valence-electron chi connectivity index (χ2n) is 7.03. The number of hydrogen-bond acceptors (Lipinski definition) is 3. The molecule has 0 bridgehead atoms. The monoisotopic (exact) mass is 335 g/mol. The van der Waals surface area contributed by atoms with Crippen molar-refractivity contribution in [1.82, 2.24) is 9.80 Å². The molecule has 1 aromatic carbocycles. The van der Waals surface area contributed by atoms with Crippen LogP contribution in [0.15, 0.2) is 30.3 Å². The third kappa shape index (κ3) is 3.12. The summed E-state index contributed by atoms with van der Waals surface area (Å²) in [5.74, 6) is 1.30. The van der Waals surface area contributed by atoms with Crippen LogP contribution in [-0.4, -0.2) is 54.0 Å². The van der Waals surface area contributed by atoms with Gasteiger partial charge in [-0.3, -0.25) is 9.69 Å². The first-order valence-electron chi connectivity index (χ1n) is 8.57. The number of amides is 1. The fourth-order valence-electron chi connectivity index (χ4n) is 4.25. The molecule has 2 heterocycles. The van der Waals surface area contributed by atoms with Gasteiger partial charge in [-0.05, 0) is 37.3 Å². The summed E-state index contributed by atoms with van der Waals surface area (Å²) in [6.45, 7) is 3.59. The molecular formula is C18H26ClN3O. The summed E-state index contributed by atoms with van der Waals surface area (Å²) in [4.78, 5) is 17.2. The van der Waals surface area contributed by atoms with Gasteiger partial charge < -0.3 is 10.6 Å². The Balaban J connectivity index is 0.00000156. The molecule has 1 unspecified atom stereocenters. The van der Waals surface area contributed by atoms with Gasteiger partial charge in [0, 0.05) is 31.6 Å². The van der Waals surface area contributed by atoms with Gasteiger partial charge in [0.05, 0.1) is 6.04 Å². The van der Waals surface area contributed by atoms with E-state index in [1.165, 1.54) is 18.4 Å². The predicted octanol–water partition coefficient (Wildman–Crippen LogP) is 1.85. The SMILES string of the molecule is Cl.NC[C@@H]1CN(C2CCN(C3CC3)C2=O)C[C@H]1c1ccccc1. The number of likely N-dealkylation sites (tertiary alicyclic amines) is 2. The smallest absolute Gasteiger partial charge is 0.240 e. The number of rotatable bonds is 4. The molecule has 1 aromatic rings. The standard InChI is InChI=1S/C18H25N3O.ClH/c19-10-14-11-20(12-16(14)13-4-2-1-3-5-13)17-8-9-21(18(17)22)15-6-7-15;/h1-5,14-17H,6-12,19H2;1H/t14-,16+,17?;/m1./s1. The van der Waals surface area contributed by atoms with E-state index in [4.69, 9.17) is 5.73 Å². The number of hydrogen-bond donors (Lipinski definition) is 1. The Morgan fingerprint density at radius 3 is 2.48 bits per heavy atom. The molecule has 3 aliphatic rings. The highest BCUT2D eigenvalue weighted by molar-refractivity contribution is 5.85. The maximum atomic E-state index is 12.7. The van der Waals surface area contributed by atoms with E-state index in [1.54, 1.807) is 0 Å². The van der Waals surface area contributed by atoms with Crippen molar-refractivity contribution in [2.45, 2.75) is 37.3 Å². The highest BCUT2D eigenvalue weighted by atomic mass is 35.5. The first-order chi connectivity index (χ1) is 10.8. The van der Waals surface area contributed by atoms with Crippen LogP contribution in [0.25, 0.3) is 0 Å². The normalized spacial score (nSPS) is 31.4. The first-order valence-corrected chi connectivity index (χ1v) is 8.57. The van der Waals surface area contributed by atoms with Crippen molar-refractivity contribution in [2.24, 2.45) is 11.7 Å². The van der Waals surface area contributed by atoms with Crippen LogP contribution in [-0.2, 0) is 4.79 Å². The summed E-state index contributed by atoms with van der Waals surface area (Å²) >= 11 is 0. The lowest BCUT2D eigenvalue weighted by Gasteiger charge is -2.23. The van der Waals surface area contributed by atoms with Gasteiger partial charge in [0.25, 0.3) is 0 Å². The highest BCUT2D eigenvalue weighted by Gasteiger charge is 2.45. The average Bonchev–Trinajstić information content (AvgIpc) is 3.19. The van der Waals surface area contributed by atoms with E-state index in [0.29, 0.717) is 30.3 Å². The number of benzene rings is 1. The van der Waals surface area contributed by atoms with E-state index in [-0.39, 0.29) is 18.4 Å². The Hall–Kier alpha value is -1.10. The minimum absolute atomic E-state index is 0. The molecule has 23 heavy (non-hydrogen) atoms. The number of nitrogens with two attached hydrogens (primary N) is 1. The molecule has 4 rings (SSSR count). The molecule has 2 aliphatic heterocycles. The zero-order chi connectivity index (χ0) is 15.1. The van der Waals surface area contributed by atoms with Gasteiger partial charge in [0.2, 0.25) is 5.91 Å². The van der Waals surface area contributed by atoms with Crippen molar-refractivity contribution in [2.75, 3.05) is 26.2 Å². The van der Waals surface area contributed by atoms with Crippen molar-refractivity contribution in [3.63, 3.8) is 0 Å². The molecule has 0 aromatic heterocycles. The molecular weight excluding hydrogens is 310 g/mol. The molecule has 1 saturated carbocycles. The summed E-state index contributed by atoms with van der Waals surface area (Å²) in [6.07, 6.45) is 3.40. The van der Waals surface area contributed by atoms with E-state index in [9.17, 15) is 4.79 Å². The first kappa shape index (κ1) is 16.7. The van der Waals surface area contributed by atoms with Gasteiger partial charge in [0.15, 0.2) is 0 Å². The molecule has 1 aliphatic carbocycles. The van der Waals surface area contributed by atoms with E-state index >= 15 is 0 Å². The van der Waals surface area contributed by atoms with Crippen LogP contribution < -0.4 is 5.73 Å². The predicted molar refractivity (Wildman–Crippen MR) is 93.7 cm³/mol. The number of halogens is 1. The molecule has 126 valence electrons. The molecule has 3 atom stereocenters. The zero-order valence-corrected chi connectivity index (χ0v) is 14.3. The average molecular weight is 336 g/mol. The van der Waals surface area contributed by atoms with Gasteiger partial charge in [-0.25, -0.2) is 0 Å². The third-order valence-electron chi connectivity index (χ3n) is 5.64. The molecule has 5 heteroatoms. The second-order valence-corrected chi connectivity index (χ2v) is 7.03. The van der Waals surface area contributed by atoms with Gasteiger partial charge in [0.1, 0.15) is 0 Å². The Morgan fingerprint density at radius 2 is 1.83 bits per heavy atom. The Morgan fingerprint density at radius 1 is 1.09 bits per heavy atom. The summed E-state index contributed by atoms with van der Waals surface area (Å²) in [5.41, 5.74) is 7.39. The van der Waals surface area contributed by atoms with Gasteiger partial charge >= 0.3 is 0 Å². The molecule has 1 amide bonds. The minimum atomic E-state index is 0. The molecule has 0 spiro atoms. The molecule has 3 fully saturated rings. The van der Waals surface area contributed by atoms with Crippen LogP contribution in [0.5, 0.6) is 0 Å². The van der Waals surface area contributed by atoms with E-state index in [0.717, 1.165) is 26.1 Å². The lowest BCUT2D eigenvalue weighted by Crippen LogP contribution is -2.41. The van der Waals surface area contributed by atoms with E-state index in [1.807, 2.05) is 0 Å². The third-order valence-corrected chi connectivity index (χ3v) is 5.64. The van der Waals surface area contributed by atoms with Gasteiger partial charge in [-0.1, -0.05) is 30.3 Å². The summed E-state index contributed by atoms with van der Waals surface area (Å²) in [5, 5.41) is 0. The Kier molecular flexibility index (Phi) is 4.95. The number of carbonyl (C=O) groups is 1. The maximum absolute atomic E-state index is 12.7. The molecule has 2 saturated heterocycles. The van der Waals surface area contributed by atoms with Crippen LogP contribution in [0, 0.1) is 5.92 Å². The Labute approximate surface area is 144 Å². The van der Waals surface area contributed by atoms with Crippen LogP contribution in [0.3, 0.4) is 0 Å². The largest absolute Gasteiger partial charge is 0.338 e. The van der Waals surface area contributed by atoms with Crippen LogP contribution in [0.4, 0.5) is 0 Å². The van der Waals surface area contributed by atoms with Crippen molar-refractivity contribution in [3.8, 4) is 0 Å². The summed E-state index contributed by atoms with van der Waals surface area (Å²) < 4.78 is 0. The highest BCUT2D eigenvalue weighted by Crippen LogP contribution is 2.37. The Bertz CT molecular complexity index is 548. The minimum Gasteiger partial charge on any atom is -0.338 e. The summed E-state index contributed by atoms with van der Waals surface area (Å²) in [7, 11) is 0. The van der Waals surface area contributed by atoms with Crippen LogP contribution in [0.1, 0.15) is 30.7 Å². The fourth-order valence-corrected chi connectivity index (χ4v) is 4.25.